The van der Waals surface area contributed by atoms with Gasteiger partial charge >= 0.3 is 0 Å². The number of halogens is 1. The van der Waals surface area contributed by atoms with Gasteiger partial charge in [-0.05, 0) is 49.1 Å². The van der Waals surface area contributed by atoms with Gasteiger partial charge < -0.3 is 5.73 Å². The van der Waals surface area contributed by atoms with E-state index in [-0.39, 0.29) is 6.04 Å². The molecule has 1 atom stereocenters. The molecule has 0 spiro atoms. The number of hydrogen-bond donors (Lipinski definition) is 1. The zero-order valence-corrected chi connectivity index (χ0v) is 11.5. The number of benzene rings is 1. The van der Waals surface area contributed by atoms with E-state index in [1.54, 1.807) is 0 Å². The number of nitrogens with two attached hydrogens (primary N) is 1. The summed E-state index contributed by atoms with van der Waals surface area (Å²) in [6.45, 7) is 4.11. The highest BCUT2D eigenvalue weighted by Gasteiger charge is 2.10. The fourth-order valence-electron chi connectivity index (χ4n) is 1.91. The van der Waals surface area contributed by atoms with Crippen molar-refractivity contribution in [3.63, 3.8) is 0 Å². The van der Waals surface area contributed by atoms with Crippen LogP contribution in [0.25, 0.3) is 5.69 Å². The normalized spacial score (nSPS) is 12.7. The summed E-state index contributed by atoms with van der Waals surface area (Å²) in [5, 5.41) is 5.08. The first-order chi connectivity index (χ1) is 8.60. The smallest absolute Gasteiger partial charge is 0.0679 e. The summed E-state index contributed by atoms with van der Waals surface area (Å²) in [4.78, 5) is 0. The van der Waals surface area contributed by atoms with Crippen LogP contribution in [-0.2, 0) is 6.42 Å². The quantitative estimate of drug-likeness (QED) is 0.921. The maximum absolute atomic E-state index is 6.07. The van der Waals surface area contributed by atoms with Crippen LogP contribution in [0.15, 0.2) is 30.6 Å². The zero-order chi connectivity index (χ0) is 13.1. The second-order valence-corrected chi connectivity index (χ2v) is 5.04. The van der Waals surface area contributed by atoms with Crippen LogP contribution >= 0.6 is 11.6 Å². The van der Waals surface area contributed by atoms with Crippen LogP contribution in [0.1, 0.15) is 24.5 Å². The average Bonchev–Trinajstić information content (AvgIpc) is 2.75. The third-order valence-corrected chi connectivity index (χ3v) is 3.24. The van der Waals surface area contributed by atoms with E-state index in [0.29, 0.717) is 0 Å². The van der Waals surface area contributed by atoms with Gasteiger partial charge in [0.1, 0.15) is 0 Å². The molecule has 1 aromatic carbocycles. The molecule has 2 aromatic rings. The third-order valence-electron chi connectivity index (χ3n) is 3.01. The van der Waals surface area contributed by atoms with E-state index in [2.05, 4.69) is 12.0 Å². The highest BCUT2D eigenvalue weighted by Crippen LogP contribution is 2.21. The Labute approximate surface area is 113 Å². The van der Waals surface area contributed by atoms with Gasteiger partial charge in [-0.15, -0.1) is 0 Å². The predicted molar refractivity (Wildman–Crippen MR) is 75.3 cm³/mol. The minimum Gasteiger partial charge on any atom is -0.327 e. The van der Waals surface area contributed by atoms with Crippen LogP contribution in [0.2, 0.25) is 5.02 Å². The highest BCUT2D eigenvalue weighted by atomic mass is 35.5. The summed E-state index contributed by atoms with van der Waals surface area (Å²) in [5.41, 5.74) is 9.36. The van der Waals surface area contributed by atoms with Crippen molar-refractivity contribution in [1.82, 2.24) is 9.78 Å². The van der Waals surface area contributed by atoms with Gasteiger partial charge in [0, 0.05) is 17.3 Å². The van der Waals surface area contributed by atoms with Crippen molar-refractivity contribution < 1.29 is 0 Å². The maximum Gasteiger partial charge on any atom is 0.0679 e. The summed E-state index contributed by atoms with van der Waals surface area (Å²) in [5.74, 6) is 0. The molecule has 0 aliphatic heterocycles. The van der Waals surface area contributed by atoms with Crippen molar-refractivity contribution in [2.75, 3.05) is 0 Å². The topological polar surface area (TPSA) is 43.8 Å². The molecule has 3 nitrogen and oxygen atoms in total. The Morgan fingerprint density at radius 3 is 2.83 bits per heavy atom. The van der Waals surface area contributed by atoms with Crippen molar-refractivity contribution >= 4 is 11.6 Å². The van der Waals surface area contributed by atoms with E-state index in [0.717, 1.165) is 34.7 Å². The van der Waals surface area contributed by atoms with E-state index < -0.39 is 0 Å². The van der Waals surface area contributed by atoms with Crippen LogP contribution in [0.4, 0.5) is 0 Å². The molecule has 0 aliphatic rings. The first-order valence-electron chi connectivity index (χ1n) is 6.15. The van der Waals surface area contributed by atoms with E-state index >= 15 is 0 Å². The van der Waals surface area contributed by atoms with Crippen molar-refractivity contribution in [1.29, 1.82) is 0 Å². The fraction of sp³-hybridized carbons (Fsp3) is 0.357. The molecule has 2 N–H and O–H groups in total. The van der Waals surface area contributed by atoms with Gasteiger partial charge in [-0.25, -0.2) is 4.68 Å². The highest BCUT2D eigenvalue weighted by molar-refractivity contribution is 6.30. The molecule has 96 valence electrons. The Kier molecular flexibility index (Phi) is 4.04. The maximum atomic E-state index is 6.07. The Hall–Kier alpha value is -1.32. The summed E-state index contributed by atoms with van der Waals surface area (Å²) in [6.07, 6.45) is 5.61. The van der Waals surface area contributed by atoms with E-state index in [1.165, 1.54) is 0 Å². The molecular weight excluding hydrogens is 246 g/mol. The molecular formula is C14H18ClN3. The number of aryl methyl sites for hydroxylation is 1. The molecule has 0 bridgehead atoms. The zero-order valence-electron chi connectivity index (χ0n) is 10.7. The Morgan fingerprint density at radius 1 is 1.44 bits per heavy atom. The molecule has 2 rings (SSSR count). The van der Waals surface area contributed by atoms with Crippen LogP contribution < -0.4 is 5.73 Å². The molecule has 0 saturated heterocycles. The number of nitrogens with zero attached hydrogens (tertiary/aromatic N) is 2. The lowest BCUT2D eigenvalue weighted by Gasteiger charge is -2.13. The van der Waals surface area contributed by atoms with Crippen molar-refractivity contribution in [3.8, 4) is 5.69 Å². The Balaban J connectivity index is 2.40. The second-order valence-electron chi connectivity index (χ2n) is 4.61. The molecule has 18 heavy (non-hydrogen) atoms. The molecule has 1 heterocycles. The lowest BCUT2D eigenvalue weighted by atomic mass is 10.0. The Bertz CT molecular complexity index is 534. The van der Waals surface area contributed by atoms with Crippen LogP contribution in [0.3, 0.4) is 0 Å². The lowest BCUT2D eigenvalue weighted by Crippen LogP contribution is -2.22. The first kappa shape index (κ1) is 13.1. The van der Waals surface area contributed by atoms with Crippen LogP contribution in [0.5, 0.6) is 0 Å². The largest absolute Gasteiger partial charge is 0.327 e. The summed E-state index contributed by atoms with van der Waals surface area (Å²) in [6, 6.07) is 6.00. The molecule has 1 aromatic heterocycles. The third kappa shape index (κ3) is 2.92. The van der Waals surface area contributed by atoms with E-state index in [9.17, 15) is 0 Å². The van der Waals surface area contributed by atoms with Crippen molar-refractivity contribution in [2.24, 2.45) is 5.73 Å². The van der Waals surface area contributed by atoms with Crippen molar-refractivity contribution in [2.45, 2.75) is 32.7 Å². The van der Waals surface area contributed by atoms with Gasteiger partial charge in [0.15, 0.2) is 0 Å². The molecule has 0 amide bonds. The lowest BCUT2D eigenvalue weighted by molar-refractivity contribution is 0.642. The van der Waals surface area contributed by atoms with E-state index in [4.69, 9.17) is 17.3 Å². The molecule has 4 heteroatoms. The predicted octanol–water partition coefficient (Wildman–Crippen LogP) is 3.11. The van der Waals surface area contributed by atoms with Crippen molar-refractivity contribution in [3.05, 3.63) is 46.7 Å². The van der Waals surface area contributed by atoms with Gasteiger partial charge in [-0.3, -0.25) is 0 Å². The number of rotatable bonds is 4. The monoisotopic (exact) mass is 263 g/mol. The van der Waals surface area contributed by atoms with E-state index in [1.807, 2.05) is 42.2 Å². The average molecular weight is 264 g/mol. The fourth-order valence-corrected chi connectivity index (χ4v) is 2.11. The molecule has 0 radical (unpaired) electrons. The van der Waals surface area contributed by atoms with Crippen LogP contribution in [0, 0.1) is 6.92 Å². The Morgan fingerprint density at radius 2 is 2.22 bits per heavy atom. The molecule has 0 aliphatic carbocycles. The van der Waals surface area contributed by atoms with Gasteiger partial charge in [0.05, 0.1) is 11.9 Å². The van der Waals surface area contributed by atoms with Gasteiger partial charge in [0.25, 0.3) is 0 Å². The molecule has 0 saturated carbocycles. The second kappa shape index (κ2) is 5.55. The minimum absolute atomic E-state index is 0.152. The number of hydrogen-bond acceptors (Lipinski definition) is 2. The van der Waals surface area contributed by atoms with Gasteiger partial charge in [0.2, 0.25) is 0 Å². The number of aromatic nitrogens is 2. The minimum atomic E-state index is 0.152. The summed E-state index contributed by atoms with van der Waals surface area (Å²) >= 11 is 6.07. The van der Waals surface area contributed by atoms with Crippen LogP contribution in [-0.4, -0.2) is 15.8 Å². The van der Waals surface area contributed by atoms with Gasteiger partial charge in [-0.2, -0.15) is 5.10 Å². The molecule has 0 fully saturated rings. The SMILES string of the molecule is CCC(N)Cc1cc(Cl)ccc1-n1cc(C)cn1. The summed E-state index contributed by atoms with van der Waals surface area (Å²) in [7, 11) is 0. The first-order valence-corrected chi connectivity index (χ1v) is 6.53. The standard InChI is InChI=1S/C14H18ClN3/c1-3-13(16)7-11-6-12(15)4-5-14(11)18-9-10(2)8-17-18/h4-6,8-9,13H,3,7,16H2,1-2H3. The summed E-state index contributed by atoms with van der Waals surface area (Å²) < 4.78 is 1.88. The molecule has 1 unspecified atom stereocenters. The van der Waals surface area contributed by atoms with Gasteiger partial charge in [-0.1, -0.05) is 18.5 Å².